The fraction of sp³-hybridized carbons (Fsp3) is 0.821. The first-order valence-electron chi connectivity index (χ1n) is 37.3. The average molecular weight is 1320 g/mol. The van der Waals surface area contributed by atoms with Gasteiger partial charge in [0.2, 0.25) is 0 Å². The van der Waals surface area contributed by atoms with Gasteiger partial charge in [0.05, 0.1) is 0 Å². The molecule has 0 heterocycles. The van der Waals surface area contributed by atoms with Crippen molar-refractivity contribution in [3.05, 3.63) is 47.5 Å². The first-order chi connectivity index (χ1) is 39.3. The van der Waals surface area contributed by atoms with E-state index in [0.717, 1.165) is 11.8 Å². The Bertz CT molecular complexity index is 1860. The third-order valence-corrected chi connectivity index (χ3v) is 52.0. The van der Waals surface area contributed by atoms with E-state index in [2.05, 4.69) is 109 Å². The SMILES string of the molecule is CCCCCCCCCCC(CCCCCCCC)Cc1cc2cc3cc[c]([Sn]([CH2]CCC)([CH2]CCC)[CH2]CCC)cc3cc2c(CC(CCCCCCCC)CCCCCCCCCC)[c]1[Sn]([CH2]CCC)([CH2]CCC)[CH2]CCC. The Morgan fingerprint density at radius 1 is 0.275 bits per heavy atom. The minimum absolute atomic E-state index is 0.810. The van der Waals surface area contributed by atoms with E-state index in [9.17, 15) is 0 Å². The summed E-state index contributed by atoms with van der Waals surface area (Å²) in [5, 5.41) is 6.53. The summed E-state index contributed by atoms with van der Waals surface area (Å²) in [6, 6.07) is 17.0. The second-order valence-electron chi connectivity index (χ2n) is 27.5. The molecule has 0 fully saturated rings. The van der Waals surface area contributed by atoms with E-state index in [-0.39, 0.29) is 0 Å². The summed E-state index contributed by atoms with van der Waals surface area (Å²) in [6.07, 6.45) is 65.5. The third-order valence-electron chi connectivity index (χ3n) is 20.3. The van der Waals surface area contributed by atoms with E-state index >= 15 is 0 Å². The molecular weight excluding hydrogens is 1170 g/mol. The van der Waals surface area contributed by atoms with E-state index in [1.165, 1.54) is 301 Å². The quantitative estimate of drug-likeness (QED) is 0.0300. The van der Waals surface area contributed by atoms with Gasteiger partial charge in [0, 0.05) is 0 Å². The molecule has 3 rings (SSSR count). The van der Waals surface area contributed by atoms with Crippen molar-refractivity contribution in [2.24, 2.45) is 11.8 Å². The van der Waals surface area contributed by atoms with Crippen molar-refractivity contribution in [2.45, 2.75) is 391 Å². The minimum atomic E-state index is -3.07. The van der Waals surface area contributed by atoms with Gasteiger partial charge in [-0.15, -0.1) is 0 Å². The molecule has 0 N–H and O–H groups in total. The molecule has 2 heteroatoms. The Hall–Kier alpha value is -0.223. The number of hydrogen-bond acceptors (Lipinski definition) is 0. The van der Waals surface area contributed by atoms with E-state index in [1.54, 1.807) is 42.8 Å². The average Bonchev–Trinajstić information content (AvgIpc) is 3.56. The predicted molar refractivity (Wildman–Crippen MR) is 375 cm³/mol. The number of fused-ring (bicyclic) bond motifs is 2. The first-order valence-corrected chi connectivity index (χ1v) is 52.3. The second-order valence-corrected chi connectivity index (χ2v) is 53.7. The maximum absolute atomic E-state index is 3.07. The second kappa shape index (κ2) is 47.9. The summed E-state index contributed by atoms with van der Waals surface area (Å²) < 4.78 is 13.5. The van der Waals surface area contributed by atoms with Crippen LogP contribution in [-0.2, 0) is 12.8 Å². The monoisotopic (exact) mass is 1320 g/mol. The molecule has 0 aliphatic carbocycles. The Labute approximate surface area is 511 Å². The molecule has 3 aromatic carbocycles. The molecule has 2 unspecified atom stereocenters. The van der Waals surface area contributed by atoms with Crippen molar-refractivity contribution >= 4 is 65.5 Å². The molecule has 0 radical (unpaired) electrons. The van der Waals surface area contributed by atoms with Crippen LogP contribution in [0.15, 0.2) is 36.4 Å². The summed E-state index contributed by atoms with van der Waals surface area (Å²) >= 11 is -5.75. The molecule has 0 saturated heterocycles. The van der Waals surface area contributed by atoms with Gasteiger partial charge in [0.25, 0.3) is 0 Å². The number of benzene rings is 3. The standard InChI is InChI=1S/C54H88.6C4H9.2Sn/c1-5-9-13-17-21-23-27-30-36-47(35-29-25-19-15-11-7-3)41-49-43-52(54-46-51-40-34-33-39-50(51)45-53(54)44-49)42-48(37-31-26-20-16-12-8-4)38-32-28-24-22-18-14-10-6-2;6*1-3-4-2;;/h33,39-40,44-48H,5-32,35-38,41-42H2,1-4H3;6*1,3-4H2,2H3;;. The van der Waals surface area contributed by atoms with Crippen LogP contribution in [0.25, 0.3) is 21.5 Å². The van der Waals surface area contributed by atoms with Gasteiger partial charge in [0.1, 0.15) is 0 Å². The molecular formula is C78H142Sn2. The Kier molecular flexibility index (Phi) is 44.3. The number of rotatable bonds is 56. The maximum atomic E-state index is 2.97. The van der Waals surface area contributed by atoms with E-state index in [4.69, 9.17) is 0 Å². The normalized spacial score (nSPS) is 13.1. The van der Waals surface area contributed by atoms with Crippen molar-refractivity contribution in [1.29, 1.82) is 0 Å². The van der Waals surface area contributed by atoms with Crippen molar-refractivity contribution in [1.82, 2.24) is 0 Å². The summed E-state index contributed by atoms with van der Waals surface area (Å²) in [5.74, 6) is 1.64. The Balaban J connectivity index is 2.49. The number of hydrogen-bond donors (Lipinski definition) is 0. The van der Waals surface area contributed by atoms with Crippen LogP contribution >= 0.6 is 0 Å². The zero-order chi connectivity index (χ0) is 57.8. The molecule has 0 bridgehead atoms. The van der Waals surface area contributed by atoms with Crippen molar-refractivity contribution in [2.75, 3.05) is 0 Å². The predicted octanol–water partition coefficient (Wildman–Crippen LogP) is 27.0. The van der Waals surface area contributed by atoms with Gasteiger partial charge in [0.15, 0.2) is 0 Å². The van der Waals surface area contributed by atoms with E-state index < -0.39 is 36.8 Å². The third kappa shape index (κ3) is 28.5. The molecule has 0 nitrogen and oxygen atoms in total. The van der Waals surface area contributed by atoms with E-state index in [1.807, 2.05) is 14.7 Å². The first kappa shape index (κ1) is 74.0. The molecule has 2 atom stereocenters. The molecule has 0 aliphatic heterocycles. The molecule has 3 aromatic rings. The fourth-order valence-corrected chi connectivity index (χ4v) is 49.2. The van der Waals surface area contributed by atoms with Crippen LogP contribution in [0.2, 0.25) is 26.6 Å². The molecule has 0 aromatic heterocycles. The van der Waals surface area contributed by atoms with Crippen LogP contribution < -0.4 is 7.16 Å². The van der Waals surface area contributed by atoms with Crippen molar-refractivity contribution in [3.8, 4) is 0 Å². The van der Waals surface area contributed by atoms with E-state index in [0.29, 0.717) is 0 Å². The molecule has 0 spiro atoms. The molecule has 80 heavy (non-hydrogen) atoms. The van der Waals surface area contributed by atoms with Crippen LogP contribution in [0.5, 0.6) is 0 Å². The van der Waals surface area contributed by atoms with Gasteiger partial charge in [-0.05, 0) is 0 Å². The molecule has 0 aliphatic rings. The molecule has 0 saturated carbocycles. The topological polar surface area (TPSA) is 0 Å². The van der Waals surface area contributed by atoms with Gasteiger partial charge in [-0.25, -0.2) is 0 Å². The summed E-state index contributed by atoms with van der Waals surface area (Å²) in [4.78, 5) is 0. The van der Waals surface area contributed by atoms with Crippen LogP contribution in [-0.4, -0.2) is 36.8 Å². The Morgan fingerprint density at radius 3 is 0.963 bits per heavy atom. The van der Waals surface area contributed by atoms with Crippen LogP contribution in [0, 0.1) is 11.8 Å². The zero-order valence-corrected chi connectivity index (χ0v) is 62.1. The van der Waals surface area contributed by atoms with Crippen LogP contribution in [0.4, 0.5) is 0 Å². The van der Waals surface area contributed by atoms with Gasteiger partial charge in [-0.1, -0.05) is 26.7 Å². The number of unbranched alkanes of at least 4 members (excludes halogenated alkanes) is 30. The van der Waals surface area contributed by atoms with Crippen LogP contribution in [0.3, 0.4) is 0 Å². The van der Waals surface area contributed by atoms with Gasteiger partial charge in [-0.2, -0.15) is 0 Å². The molecule has 0 amide bonds. The zero-order valence-electron chi connectivity index (χ0n) is 56.4. The summed E-state index contributed by atoms with van der Waals surface area (Å²) in [6.45, 7) is 24.5. The molecule has 462 valence electrons. The van der Waals surface area contributed by atoms with Gasteiger partial charge < -0.3 is 0 Å². The van der Waals surface area contributed by atoms with Gasteiger partial charge in [-0.3, -0.25) is 0 Å². The summed E-state index contributed by atoms with van der Waals surface area (Å²) in [5.41, 5.74) is 3.90. The summed E-state index contributed by atoms with van der Waals surface area (Å²) in [7, 11) is 0. The van der Waals surface area contributed by atoms with Gasteiger partial charge >= 0.3 is 489 Å². The fourth-order valence-electron chi connectivity index (χ4n) is 15.2. The van der Waals surface area contributed by atoms with Crippen molar-refractivity contribution in [3.63, 3.8) is 0 Å². The van der Waals surface area contributed by atoms with Crippen LogP contribution in [0.1, 0.15) is 363 Å². The van der Waals surface area contributed by atoms with Crippen molar-refractivity contribution < 1.29 is 0 Å². The Morgan fingerprint density at radius 2 is 0.600 bits per heavy atom.